The second-order valence-electron chi connectivity index (χ2n) is 22.4. The molecular weight excluding hydrogens is 836 g/mol. The summed E-state index contributed by atoms with van der Waals surface area (Å²) in [6.45, 7) is 14.7. The number of aliphatic hydroxyl groups excluding tert-OH is 10. The van der Waals surface area contributed by atoms with E-state index in [1.807, 2.05) is 0 Å². The summed E-state index contributed by atoms with van der Waals surface area (Å²) in [4.78, 5) is 14.7. The average Bonchev–Trinajstić information content (AvgIpc) is 3.25. The van der Waals surface area contributed by atoms with E-state index in [1.54, 1.807) is 0 Å². The molecule has 24 atom stereocenters. The molecule has 3 saturated heterocycles. The number of allylic oxidation sites excluding steroid dienone is 2. The van der Waals surface area contributed by atoms with Gasteiger partial charge in [0.25, 0.3) is 0 Å². The molecule has 8 rings (SSSR count). The lowest BCUT2D eigenvalue weighted by Gasteiger charge is -2.71. The summed E-state index contributed by atoms with van der Waals surface area (Å²) >= 11 is 0. The van der Waals surface area contributed by atoms with Crippen LogP contribution >= 0.6 is 0 Å². The van der Waals surface area contributed by atoms with Gasteiger partial charge < -0.3 is 79.5 Å². The van der Waals surface area contributed by atoms with Crippen LogP contribution in [0, 0.1) is 56.7 Å². The minimum Gasteiger partial charge on any atom is -0.432 e. The number of ether oxygens (including phenoxy) is 6. The van der Waals surface area contributed by atoms with Crippen LogP contribution in [0.25, 0.3) is 0 Å². The molecular formula is C47H76O17. The van der Waals surface area contributed by atoms with Crippen molar-refractivity contribution in [1.29, 1.82) is 0 Å². The number of hydrogen-bond donors (Lipinski definition) is 10. The van der Waals surface area contributed by atoms with Gasteiger partial charge in [0.2, 0.25) is 6.29 Å². The first-order valence-corrected chi connectivity index (χ1v) is 23.8. The minimum absolute atomic E-state index is 0.0968. The van der Waals surface area contributed by atoms with Gasteiger partial charge in [-0.05, 0) is 109 Å². The van der Waals surface area contributed by atoms with Crippen LogP contribution in [0.1, 0.15) is 106 Å². The van der Waals surface area contributed by atoms with Gasteiger partial charge in [-0.15, -0.1) is 0 Å². The van der Waals surface area contributed by atoms with E-state index in [1.165, 1.54) is 5.57 Å². The topological polar surface area (TPSA) is 275 Å². The van der Waals surface area contributed by atoms with E-state index in [0.717, 1.165) is 38.5 Å². The van der Waals surface area contributed by atoms with Gasteiger partial charge in [0.1, 0.15) is 67.1 Å². The van der Waals surface area contributed by atoms with Crippen LogP contribution in [0.4, 0.5) is 0 Å². The van der Waals surface area contributed by atoms with Crippen molar-refractivity contribution in [3.63, 3.8) is 0 Å². The summed E-state index contributed by atoms with van der Waals surface area (Å²) in [6, 6.07) is 0. The van der Waals surface area contributed by atoms with E-state index in [2.05, 4.69) is 54.5 Å². The normalized spacial score (nSPS) is 54.9. The van der Waals surface area contributed by atoms with Crippen molar-refractivity contribution in [1.82, 2.24) is 0 Å². The fourth-order valence-corrected chi connectivity index (χ4v) is 15.0. The van der Waals surface area contributed by atoms with E-state index in [9.17, 15) is 55.9 Å². The number of aliphatic hydroxyl groups is 10. The molecule has 0 aromatic rings. The van der Waals surface area contributed by atoms with Crippen LogP contribution in [0.3, 0.4) is 0 Å². The molecule has 4 saturated carbocycles. The fourth-order valence-electron chi connectivity index (χ4n) is 15.0. The maximum absolute atomic E-state index is 14.7. The molecule has 3 aliphatic heterocycles. The molecule has 17 heteroatoms. The number of esters is 1. The predicted octanol–water partition coefficient (Wildman–Crippen LogP) is 0.636. The monoisotopic (exact) mass is 913 g/mol. The highest BCUT2D eigenvalue weighted by Gasteiger charge is 2.70. The Morgan fingerprint density at radius 1 is 0.688 bits per heavy atom. The molecule has 0 aromatic carbocycles. The smallest absolute Gasteiger partial charge is 0.315 e. The highest BCUT2D eigenvalue weighted by atomic mass is 16.7. The molecule has 0 aromatic heterocycles. The third-order valence-corrected chi connectivity index (χ3v) is 19.3. The van der Waals surface area contributed by atoms with Crippen LogP contribution in [-0.4, -0.2) is 169 Å². The molecule has 10 N–H and O–H groups in total. The first-order chi connectivity index (χ1) is 30.0. The zero-order valence-corrected chi connectivity index (χ0v) is 38.4. The zero-order chi connectivity index (χ0) is 46.6. The lowest BCUT2D eigenvalue weighted by Crippen LogP contribution is -2.66. The van der Waals surface area contributed by atoms with Gasteiger partial charge in [0.05, 0.1) is 31.3 Å². The van der Waals surface area contributed by atoms with Crippen LogP contribution < -0.4 is 0 Å². The predicted molar refractivity (Wildman–Crippen MR) is 224 cm³/mol. The molecule has 3 unspecified atom stereocenters. The molecule has 8 aliphatic rings. The number of carbonyl (C=O) groups excluding carboxylic acids is 1. The molecule has 5 aliphatic carbocycles. The first-order valence-electron chi connectivity index (χ1n) is 23.8. The molecule has 366 valence electrons. The Kier molecular flexibility index (Phi) is 13.4. The summed E-state index contributed by atoms with van der Waals surface area (Å²) in [5.41, 5.74) is -0.394. The average molecular weight is 913 g/mol. The van der Waals surface area contributed by atoms with Crippen molar-refractivity contribution in [2.75, 3.05) is 19.8 Å². The van der Waals surface area contributed by atoms with E-state index in [4.69, 9.17) is 28.4 Å². The molecule has 0 amide bonds. The standard InChI is InChI=1S/C47H76O17/c1-21-10-15-47(42(58)64-41-36(56)34(54)32(52)26(19-49)61-41)17-16-45(6)23(30(47)22(21)2)8-9-28-44(5)13-12-29(43(3,4)27(44)11-14-46(28,45)7)62-39-37(57)38(24(50)20-59-39)63-40-35(55)33(53)31(51)25(18-48)60-40/h8,21-22,24-41,48-57H,9-20H2,1-7H3/t21-,22+,24-,25-,26-,27?,28?,29+,30?,31-,32-,33+,34+,35-,36-,37+,38-,39+,40+,41+,44+,45-,46-,47+/m1/s1. The Balaban J connectivity index is 1.01. The van der Waals surface area contributed by atoms with Crippen molar-refractivity contribution in [2.24, 2.45) is 56.7 Å². The summed E-state index contributed by atoms with van der Waals surface area (Å²) in [7, 11) is 0. The van der Waals surface area contributed by atoms with E-state index >= 15 is 0 Å². The van der Waals surface area contributed by atoms with Crippen LogP contribution in [0.5, 0.6) is 0 Å². The van der Waals surface area contributed by atoms with Crippen molar-refractivity contribution < 1.29 is 84.3 Å². The SMILES string of the molecule is C[C@@H]1CC[C@]2(C(=O)O[C@@H]3O[C@H](CO)[C@@H](O)[C@H](O)[C@H]3O)CC[C@]3(C)C(=CCC4[C@@]5(C)CC[C@H](O[C@@H]6OC[C@@H](O)[C@@H](O[C@@H]7O[C@H](CO)[C@@H](O)[C@H](O)[C@H]7O)[C@@H]6O)C(C)(C)C5CC[C@]43C)C2[C@H]1C. The van der Waals surface area contributed by atoms with Crippen molar-refractivity contribution >= 4 is 5.97 Å². The quantitative estimate of drug-likeness (QED) is 0.0909. The summed E-state index contributed by atoms with van der Waals surface area (Å²) in [5.74, 6) is 0.445. The highest BCUT2D eigenvalue weighted by molar-refractivity contribution is 5.79. The summed E-state index contributed by atoms with van der Waals surface area (Å²) in [5, 5.41) is 105. The van der Waals surface area contributed by atoms with Crippen LogP contribution in [-0.2, 0) is 33.2 Å². The Morgan fingerprint density at radius 3 is 1.95 bits per heavy atom. The van der Waals surface area contributed by atoms with E-state index in [0.29, 0.717) is 31.1 Å². The number of rotatable bonds is 8. The van der Waals surface area contributed by atoms with Crippen LogP contribution in [0.15, 0.2) is 11.6 Å². The van der Waals surface area contributed by atoms with Gasteiger partial charge in [0, 0.05) is 0 Å². The van der Waals surface area contributed by atoms with Gasteiger partial charge >= 0.3 is 5.97 Å². The number of carbonyl (C=O) groups is 1. The third-order valence-electron chi connectivity index (χ3n) is 19.3. The molecule has 7 fully saturated rings. The van der Waals surface area contributed by atoms with Crippen LogP contribution in [0.2, 0.25) is 0 Å². The number of hydrogen-bond acceptors (Lipinski definition) is 17. The maximum Gasteiger partial charge on any atom is 0.315 e. The minimum atomic E-state index is -1.72. The second-order valence-corrected chi connectivity index (χ2v) is 22.4. The number of fused-ring (bicyclic) bond motifs is 7. The first kappa shape index (κ1) is 49.0. The molecule has 0 radical (unpaired) electrons. The third kappa shape index (κ3) is 7.40. The fraction of sp³-hybridized carbons (Fsp3) is 0.936. The lowest BCUT2D eigenvalue weighted by atomic mass is 9.33. The second kappa shape index (κ2) is 17.5. The summed E-state index contributed by atoms with van der Waals surface area (Å²) in [6.07, 6.45) is -11.6. The zero-order valence-electron chi connectivity index (χ0n) is 38.4. The van der Waals surface area contributed by atoms with Gasteiger partial charge in [-0.3, -0.25) is 4.79 Å². The molecule has 0 bridgehead atoms. The van der Waals surface area contributed by atoms with Crippen molar-refractivity contribution in [2.45, 2.75) is 198 Å². The Bertz CT molecular complexity index is 1730. The van der Waals surface area contributed by atoms with Gasteiger partial charge in [-0.2, -0.15) is 0 Å². The lowest BCUT2D eigenvalue weighted by molar-refractivity contribution is -0.357. The summed E-state index contributed by atoms with van der Waals surface area (Å²) < 4.78 is 35.6. The van der Waals surface area contributed by atoms with Gasteiger partial charge in [-0.25, -0.2) is 0 Å². The Labute approximate surface area is 376 Å². The van der Waals surface area contributed by atoms with Crippen molar-refractivity contribution in [3.05, 3.63) is 11.6 Å². The Hall–Kier alpha value is -1.39. The molecule has 3 heterocycles. The largest absolute Gasteiger partial charge is 0.432 e. The highest BCUT2D eigenvalue weighted by Crippen LogP contribution is 2.76. The maximum atomic E-state index is 14.7. The Morgan fingerprint density at radius 2 is 1.31 bits per heavy atom. The molecule has 64 heavy (non-hydrogen) atoms. The van der Waals surface area contributed by atoms with Gasteiger partial charge in [0.15, 0.2) is 12.6 Å². The van der Waals surface area contributed by atoms with Crippen molar-refractivity contribution in [3.8, 4) is 0 Å². The molecule has 17 nitrogen and oxygen atoms in total. The van der Waals surface area contributed by atoms with Gasteiger partial charge in [-0.1, -0.05) is 60.1 Å². The van der Waals surface area contributed by atoms with E-state index < -0.39 is 111 Å². The molecule has 0 spiro atoms. The van der Waals surface area contributed by atoms with E-state index in [-0.39, 0.29) is 52.1 Å².